The Balaban J connectivity index is 2.44. The summed E-state index contributed by atoms with van der Waals surface area (Å²) in [5, 5.41) is 2.46. The lowest BCUT2D eigenvalue weighted by Crippen LogP contribution is -2.43. The van der Waals surface area contributed by atoms with Crippen LogP contribution >= 0.6 is 0 Å². The number of hydrogen-bond donors (Lipinski definition) is 1. The largest absolute Gasteiger partial charge is 0.444 e. The second-order valence-corrected chi connectivity index (χ2v) is 6.66. The van der Waals surface area contributed by atoms with E-state index in [0.29, 0.717) is 38.2 Å². The fraction of sp³-hybridized carbons (Fsp3) is 0.688. The summed E-state index contributed by atoms with van der Waals surface area (Å²) in [4.78, 5) is 39.0. The number of amides is 3. The molecule has 1 rings (SSSR count). The summed E-state index contributed by atoms with van der Waals surface area (Å²) in [5.74, 6) is -0.258. The van der Waals surface area contributed by atoms with E-state index in [4.69, 9.17) is 4.74 Å². The number of rotatable bonds is 3. The third kappa shape index (κ3) is 6.71. The van der Waals surface area contributed by atoms with Crippen LogP contribution in [0, 0.1) is 0 Å². The smallest absolute Gasteiger partial charge is 0.408 e. The van der Waals surface area contributed by atoms with Gasteiger partial charge in [-0.3, -0.25) is 9.59 Å². The molecule has 0 atom stereocenters. The molecule has 7 heteroatoms. The molecule has 23 heavy (non-hydrogen) atoms. The van der Waals surface area contributed by atoms with Crippen molar-refractivity contribution in [3.05, 3.63) is 12.2 Å². The fourth-order valence-corrected chi connectivity index (χ4v) is 2.21. The molecule has 0 unspecified atom stereocenters. The van der Waals surface area contributed by atoms with Crippen molar-refractivity contribution in [1.82, 2.24) is 15.1 Å². The van der Waals surface area contributed by atoms with Gasteiger partial charge in [-0.1, -0.05) is 6.58 Å². The zero-order valence-corrected chi connectivity index (χ0v) is 14.5. The first kappa shape index (κ1) is 19.0. The van der Waals surface area contributed by atoms with Gasteiger partial charge in [0.2, 0.25) is 11.8 Å². The monoisotopic (exact) mass is 325 g/mol. The highest BCUT2D eigenvalue weighted by Crippen LogP contribution is 2.08. The summed E-state index contributed by atoms with van der Waals surface area (Å²) < 4.78 is 5.09. The van der Waals surface area contributed by atoms with E-state index in [9.17, 15) is 14.4 Å². The van der Waals surface area contributed by atoms with Crippen molar-refractivity contribution in [2.24, 2.45) is 0 Å². The molecule has 1 heterocycles. The van der Waals surface area contributed by atoms with Crippen LogP contribution in [0.15, 0.2) is 12.2 Å². The van der Waals surface area contributed by atoms with E-state index in [1.807, 2.05) is 0 Å². The van der Waals surface area contributed by atoms with Gasteiger partial charge in [0.1, 0.15) is 12.1 Å². The predicted molar refractivity (Wildman–Crippen MR) is 86.8 cm³/mol. The maximum Gasteiger partial charge on any atom is 0.408 e. The number of nitrogens with one attached hydrogen (secondary N) is 1. The van der Waals surface area contributed by atoms with Crippen molar-refractivity contribution >= 4 is 17.9 Å². The lowest BCUT2D eigenvalue weighted by molar-refractivity contribution is -0.131. The van der Waals surface area contributed by atoms with Crippen LogP contribution in [0.4, 0.5) is 4.79 Å². The summed E-state index contributed by atoms with van der Waals surface area (Å²) in [6, 6.07) is 0. The molecule has 0 aromatic carbocycles. The first-order valence-electron chi connectivity index (χ1n) is 7.79. The molecular formula is C16H27N3O4. The lowest BCUT2D eigenvalue weighted by Gasteiger charge is -2.23. The lowest BCUT2D eigenvalue weighted by atomic mass is 10.2. The molecule has 0 aromatic rings. The second-order valence-electron chi connectivity index (χ2n) is 6.66. The van der Waals surface area contributed by atoms with Crippen LogP contribution in [0.3, 0.4) is 0 Å². The molecule has 1 saturated heterocycles. The van der Waals surface area contributed by atoms with Crippen molar-refractivity contribution in [3.63, 3.8) is 0 Å². The number of carbonyl (C=O) groups excluding carboxylic acids is 3. The highest BCUT2D eigenvalue weighted by atomic mass is 16.6. The zero-order chi connectivity index (χ0) is 17.6. The van der Waals surface area contributed by atoms with Crippen LogP contribution in [-0.4, -0.2) is 66.0 Å². The Kier molecular flexibility index (Phi) is 6.60. The van der Waals surface area contributed by atoms with Gasteiger partial charge in [-0.15, -0.1) is 0 Å². The molecule has 0 aliphatic carbocycles. The van der Waals surface area contributed by atoms with Crippen molar-refractivity contribution < 1.29 is 19.1 Å². The Morgan fingerprint density at radius 2 is 1.65 bits per heavy atom. The summed E-state index contributed by atoms with van der Waals surface area (Å²) in [6.45, 7) is 12.6. The van der Waals surface area contributed by atoms with E-state index < -0.39 is 11.7 Å². The van der Waals surface area contributed by atoms with E-state index >= 15 is 0 Å². The number of carbonyl (C=O) groups is 3. The van der Waals surface area contributed by atoms with E-state index in [2.05, 4.69) is 11.9 Å². The molecule has 1 aliphatic heterocycles. The third-order valence-electron chi connectivity index (χ3n) is 3.28. The molecule has 0 radical (unpaired) electrons. The molecule has 7 nitrogen and oxygen atoms in total. The molecule has 0 saturated carbocycles. The molecule has 1 N–H and O–H groups in total. The van der Waals surface area contributed by atoms with Gasteiger partial charge in [0.25, 0.3) is 0 Å². The van der Waals surface area contributed by atoms with Gasteiger partial charge in [-0.25, -0.2) is 4.79 Å². The van der Waals surface area contributed by atoms with Crippen molar-refractivity contribution in [2.75, 3.05) is 32.7 Å². The van der Waals surface area contributed by atoms with E-state index in [0.717, 1.165) is 0 Å². The standard InChI is InChI=1S/C16H27N3O4/c1-12(2)14(21)19-8-6-7-18(9-10-19)13(20)11-17-15(22)23-16(3,4)5/h1,6-11H2,2-5H3,(H,17,22). The van der Waals surface area contributed by atoms with E-state index in [1.165, 1.54) is 0 Å². The molecule has 0 spiro atoms. The van der Waals surface area contributed by atoms with Gasteiger partial charge in [-0.05, 0) is 34.1 Å². The minimum absolute atomic E-state index is 0.0776. The maximum absolute atomic E-state index is 12.2. The summed E-state index contributed by atoms with van der Waals surface area (Å²) in [6.07, 6.45) is 0.0942. The van der Waals surface area contributed by atoms with Crippen LogP contribution < -0.4 is 5.32 Å². The van der Waals surface area contributed by atoms with Gasteiger partial charge in [0, 0.05) is 31.8 Å². The van der Waals surface area contributed by atoms with Crippen LogP contribution in [0.2, 0.25) is 0 Å². The maximum atomic E-state index is 12.2. The van der Waals surface area contributed by atoms with Crippen LogP contribution in [-0.2, 0) is 14.3 Å². The average Bonchev–Trinajstić information content (AvgIpc) is 2.67. The SMILES string of the molecule is C=C(C)C(=O)N1CCCN(C(=O)CNC(=O)OC(C)(C)C)CC1. The van der Waals surface area contributed by atoms with Gasteiger partial charge in [0.15, 0.2) is 0 Å². The summed E-state index contributed by atoms with van der Waals surface area (Å²) in [7, 11) is 0. The Morgan fingerprint density at radius 1 is 1.09 bits per heavy atom. The van der Waals surface area contributed by atoms with Crippen LogP contribution in [0.25, 0.3) is 0 Å². The first-order valence-corrected chi connectivity index (χ1v) is 7.79. The first-order chi connectivity index (χ1) is 10.6. The molecule has 130 valence electrons. The molecule has 1 fully saturated rings. The fourth-order valence-electron chi connectivity index (χ4n) is 2.21. The minimum atomic E-state index is -0.611. The predicted octanol–water partition coefficient (Wildman–Crippen LogP) is 1.15. The van der Waals surface area contributed by atoms with E-state index in [-0.39, 0.29) is 18.4 Å². The Labute approximate surface area is 137 Å². The molecule has 0 aromatic heterocycles. The second kappa shape index (κ2) is 7.99. The Morgan fingerprint density at radius 3 is 2.22 bits per heavy atom. The van der Waals surface area contributed by atoms with Gasteiger partial charge in [0.05, 0.1) is 0 Å². The number of ether oxygens (including phenoxy) is 1. The van der Waals surface area contributed by atoms with Crippen molar-refractivity contribution in [2.45, 2.75) is 39.7 Å². The van der Waals surface area contributed by atoms with Gasteiger partial charge in [-0.2, -0.15) is 0 Å². The number of alkyl carbamates (subject to hydrolysis) is 1. The Bertz CT molecular complexity index is 482. The molecule has 0 bridgehead atoms. The van der Waals surface area contributed by atoms with Crippen LogP contribution in [0.1, 0.15) is 34.1 Å². The average molecular weight is 325 g/mol. The molecule has 3 amide bonds. The highest BCUT2D eigenvalue weighted by molar-refractivity contribution is 5.92. The van der Waals surface area contributed by atoms with Crippen molar-refractivity contribution in [1.29, 1.82) is 0 Å². The van der Waals surface area contributed by atoms with E-state index in [1.54, 1.807) is 37.5 Å². The topological polar surface area (TPSA) is 79.0 Å². The quantitative estimate of drug-likeness (QED) is 0.790. The highest BCUT2D eigenvalue weighted by Gasteiger charge is 2.23. The molecule has 1 aliphatic rings. The minimum Gasteiger partial charge on any atom is -0.444 e. The molecular weight excluding hydrogens is 298 g/mol. The number of nitrogens with zero attached hydrogens (tertiary/aromatic N) is 2. The number of hydrogen-bond acceptors (Lipinski definition) is 4. The van der Waals surface area contributed by atoms with Gasteiger partial charge >= 0.3 is 6.09 Å². The normalized spacial score (nSPS) is 15.7. The summed E-state index contributed by atoms with van der Waals surface area (Å²) >= 11 is 0. The summed E-state index contributed by atoms with van der Waals surface area (Å²) in [5.41, 5.74) is -0.101. The van der Waals surface area contributed by atoms with Crippen molar-refractivity contribution in [3.8, 4) is 0 Å². The zero-order valence-electron chi connectivity index (χ0n) is 14.5. The third-order valence-corrected chi connectivity index (χ3v) is 3.28. The van der Waals surface area contributed by atoms with Gasteiger partial charge < -0.3 is 19.9 Å². The Hall–Kier alpha value is -2.05. The van der Waals surface area contributed by atoms with Crippen LogP contribution in [0.5, 0.6) is 0 Å².